The van der Waals surface area contributed by atoms with Gasteiger partial charge in [-0.05, 0) is 29.8 Å². The van der Waals surface area contributed by atoms with Crippen molar-refractivity contribution in [2.24, 2.45) is 10.9 Å². The van der Waals surface area contributed by atoms with Gasteiger partial charge >= 0.3 is 5.97 Å². The minimum Gasteiger partial charge on any atom is -0.497 e. The van der Waals surface area contributed by atoms with Crippen LogP contribution in [0.1, 0.15) is 24.3 Å². The molecule has 132 valence electrons. The van der Waals surface area contributed by atoms with Crippen molar-refractivity contribution in [2.45, 2.75) is 13.2 Å². The van der Waals surface area contributed by atoms with Crippen LogP contribution < -0.4 is 20.6 Å². The predicted octanol–water partition coefficient (Wildman–Crippen LogP) is 2.67. The number of benzene rings is 2. The molecule has 0 aliphatic heterocycles. The fourth-order valence-electron chi connectivity index (χ4n) is 2.27. The molecule has 0 fully saturated rings. The van der Waals surface area contributed by atoms with E-state index in [0.29, 0.717) is 17.1 Å². The molecule has 0 spiro atoms. The lowest BCUT2D eigenvalue weighted by Crippen LogP contribution is -2.17. The van der Waals surface area contributed by atoms with Crippen LogP contribution in [-0.4, -0.2) is 26.4 Å². The third-order valence-electron chi connectivity index (χ3n) is 3.37. The lowest BCUT2D eigenvalue weighted by Gasteiger charge is -2.21. The van der Waals surface area contributed by atoms with Gasteiger partial charge in [-0.3, -0.25) is 4.79 Å². The van der Waals surface area contributed by atoms with Gasteiger partial charge in [-0.1, -0.05) is 12.1 Å². The van der Waals surface area contributed by atoms with Gasteiger partial charge < -0.3 is 25.4 Å². The average Bonchev–Trinajstić information content (AvgIpc) is 2.61. The van der Waals surface area contributed by atoms with E-state index >= 15 is 0 Å². The van der Waals surface area contributed by atoms with E-state index in [0.717, 1.165) is 11.3 Å². The first-order valence-electron chi connectivity index (χ1n) is 7.55. The number of carbonyl (C=O) groups excluding carboxylic acids is 1. The molecule has 2 aromatic rings. The number of rotatable bonds is 7. The first-order valence-corrected chi connectivity index (χ1v) is 7.55. The summed E-state index contributed by atoms with van der Waals surface area (Å²) in [6.07, 6.45) is 0.812. The van der Waals surface area contributed by atoms with Crippen LogP contribution in [0.4, 0.5) is 5.69 Å². The van der Waals surface area contributed by atoms with E-state index in [9.17, 15) is 4.79 Å². The first kappa shape index (κ1) is 18.1. The van der Waals surface area contributed by atoms with Crippen LogP contribution in [-0.2, 0) is 9.53 Å². The molecule has 0 aliphatic carbocycles. The fourth-order valence-corrected chi connectivity index (χ4v) is 2.27. The summed E-state index contributed by atoms with van der Waals surface area (Å²) < 4.78 is 16.0. The Morgan fingerprint density at radius 3 is 2.40 bits per heavy atom. The van der Waals surface area contributed by atoms with Crippen LogP contribution in [0, 0.1) is 0 Å². The molecule has 25 heavy (non-hydrogen) atoms. The summed E-state index contributed by atoms with van der Waals surface area (Å²) in [5.41, 5.74) is 2.24. The highest BCUT2D eigenvalue weighted by Crippen LogP contribution is 2.29. The number of nitrogens with zero attached hydrogens (tertiary/aromatic N) is 1. The number of ether oxygens (including phenoxy) is 3. The molecule has 7 nitrogen and oxygen atoms in total. The third-order valence-corrected chi connectivity index (χ3v) is 3.37. The molecule has 1 unspecified atom stereocenters. The number of nitrogens with two attached hydrogens (primary N) is 1. The van der Waals surface area contributed by atoms with Gasteiger partial charge in [0.25, 0.3) is 0 Å². The first-order chi connectivity index (χ1) is 12.0. The fraction of sp³-hybridized carbons (Fsp3) is 0.222. The molecule has 1 atom stereocenters. The van der Waals surface area contributed by atoms with Crippen molar-refractivity contribution in [3.8, 4) is 11.5 Å². The lowest BCUT2D eigenvalue weighted by molar-refractivity contribution is -0.145. The second-order valence-electron chi connectivity index (χ2n) is 5.18. The van der Waals surface area contributed by atoms with Crippen molar-refractivity contribution in [3.05, 3.63) is 53.6 Å². The number of methoxy groups -OCH3 is 2. The normalized spacial score (nSPS) is 11.8. The van der Waals surface area contributed by atoms with E-state index < -0.39 is 12.2 Å². The maximum absolute atomic E-state index is 11.5. The molecule has 0 bridgehead atoms. The zero-order valence-corrected chi connectivity index (χ0v) is 14.4. The Morgan fingerprint density at radius 2 is 1.84 bits per heavy atom. The second kappa shape index (κ2) is 8.58. The summed E-state index contributed by atoms with van der Waals surface area (Å²) in [6.45, 7) is 1.35. The standard InChI is InChI=1S/C18H21N3O4/c1-12(22)25-18(14-8-16(23-2)10-17(9-14)24-3)21-15-6-4-5-13(7-15)11-20-19/h4-11,18,21H,19H2,1-3H3. The number of hydrazone groups is 1. The molecule has 0 aromatic heterocycles. The van der Waals surface area contributed by atoms with Gasteiger partial charge in [-0.2, -0.15) is 5.10 Å². The monoisotopic (exact) mass is 343 g/mol. The Labute approximate surface area is 146 Å². The van der Waals surface area contributed by atoms with Crippen molar-refractivity contribution in [3.63, 3.8) is 0 Å². The van der Waals surface area contributed by atoms with E-state index in [2.05, 4.69) is 10.4 Å². The van der Waals surface area contributed by atoms with Crippen LogP contribution in [0.25, 0.3) is 0 Å². The summed E-state index contributed by atoms with van der Waals surface area (Å²) in [6, 6.07) is 12.7. The topological polar surface area (TPSA) is 95.2 Å². The Morgan fingerprint density at radius 1 is 1.16 bits per heavy atom. The van der Waals surface area contributed by atoms with E-state index in [-0.39, 0.29) is 0 Å². The van der Waals surface area contributed by atoms with Gasteiger partial charge in [0.15, 0.2) is 6.23 Å². The Bertz CT molecular complexity index is 739. The van der Waals surface area contributed by atoms with E-state index in [1.165, 1.54) is 13.1 Å². The molecule has 3 N–H and O–H groups in total. The van der Waals surface area contributed by atoms with Gasteiger partial charge in [0.2, 0.25) is 0 Å². The number of anilines is 1. The number of nitrogens with one attached hydrogen (secondary N) is 1. The van der Waals surface area contributed by atoms with Crippen molar-refractivity contribution >= 4 is 17.9 Å². The van der Waals surface area contributed by atoms with Crippen molar-refractivity contribution < 1.29 is 19.0 Å². The van der Waals surface area contributed by atoms with Gasteiger partial charge in [-0.15, -0.1) is 0 Å². The Hall–Kier alpha value is -3.22. The zero-order chi connectivity index (χ0) is 18.2. The minimum absolute atomic E-state index is 0.418. The van der Waals surface area contributed by atoms with Gasteiger partial charge in [-0.25, -0.2) is 0 Å². The van der Waals surface area contributed by atoms with Gasteiger partial charge in [0.1, 0.15) is 11.5 Å². The summed E-state index contributed by atoms with van der Waals surface area (Å²) in [5, 5.41) is 6.68. The number of hydrogen-bond acceptors (Lipinski definition) is 7. The molecule has 0 radical (unpaired) electrons. The van der Waals surface area contributed by atoms with E-state index in [4.69, 9.17) is 20.1 Å². The van der Waals surface area contributed by atoms with Crippen LogP contribution in [0.3, 0.4) is 0 Å². The van der Waals surface area contributed by atoms with Crippen molar-refractivity contribution in [1.82, 2.24) is 0 Å². The second-order valence-corrected chi connectivity index (χ2v) is 5.18. The van der Waals surface area contributed by atoms with Crippen molar-refractivity contribution in [1.29, 1.82) is 0 Å². The van der Waals surface area contributed by atoms with E-state index in [1.807, 2.05) is 24.3 Å². The molecular formula is C18H21N3O4. The molecule has 2 aromatic carbocycles. The molecule has 2 rings (SSSR count). The summed E-state index contributed by atoms with van der Waals surface area (Å²) in [5.74, 6) is 5.96. The Balaban J connectivity index is 2.36. The molecule has 0 amide bonds. The van der Waals surface area contributed by atoms with Crippen LogP contribution in [0.5, 0.6) is 11.5 Å². The molecule has 0 heterocycles. The van der Waals surface area contributed by atoms with Crippen LogP contribution in [0.2, 0.25) is 0 Å². The largest absolute Gasteiger partial charge is 0.497 e. The predicted molar refractivity (Wildman–Crippen MR) is 95.9 cm³/mol. The summed E-state index contributed by atoms with van der Waals surface area (Å²) >= 11 is 0. The number of hydrogen-bond donors (Lipinski definition) is 2. The van der Waals surface area contributed by atoms with Crippen LogP contribution >= 0.6 is 0 Å². The molecule has 7 heteroatoms. The average molecular weight is 343 g/mol. The third kappa shape index (κ3) is 5.13. The number of carbonyl (C=O) groups is 1. The lowest BCUT2D eigenvalue weighted by atomic mass is 10.1. The summed E-state index contributed by atoms with van der Waals surface area (Å²) in [7, 11) is 3.12. The highest BCUT2D eigenvalue weighted by atomic mass is 16.6. The minimum atomic E-state index is -0.716. The van der Waals surface area contributed by atoms with Crippen LogP contribution in [0.15, 0.2) is 47.6 Å². The Kier molecular flexibility index (Phi) is 6.22. The highest BCUT2D eigenvalue weighted by Gasteiger charge is 2.17. The smallest absolute Gasteiger partial charge is 0.304 e. The quantitative estimate of drug-likeness (QED) is 0.264. The maximum atomic E-state index is 11.5. The van der Waals surface area contributed by atoms with Crippen molar-refractivity contribution in [2.75, 3.05) is 19.5 Å². The van der Waals surface area contributed by atoms with E-state index in [1.54, 1.807) is 32.4 Å². The SMILES string of the molecule is COc1cc(OC)cc(C(Nc2cccc(C=NN)c2)OC(C)=O)c1. The zero-order valence-electron chi connectivity index (χ0n) is 14.4. The summed E-state index contributed by atoms with van der Waals surface area (Å²) in [4.78, 5) is 11.5. The molecule has 0 saturated heterocycles. The van der Waals surface area contributed by atoms with Gasteiger partial charge in [0.05, 0.1) is 20.4 Å². The molecule has 0 aliphatic rings. The maximum Gasteiger partial charge on any atom is 0.304 e. The molecule has 0 saturated carbocycles. The highest BCUT2D eigenvalue weighted by molar-refractivity contribution is 5.81. The van der Waals surface area contributed by atoms with Gasteiger partial charge in [0, 0.05) is 24.2 Å². The number of esters is 1. The molecular weight excluding hydrogens is 322 g/mol.